The molecule has 458 valence electrons. The summed E-state index contributed by atoms with van der Waals surface area (Å²) in [6.45, 7) is 2.04. The van der Waals surface area contributed by atoms with Crippen LogP contribution >= 0.6 is 0 Å². The Kier molecular flexibility index (Phi) is 24.2. The Hall–Kier alpha value is -9.01. The highest BCUT2D eigenvalue weighted by Crippen LogP contribution is 2.26. The van der Waals surface area contributed by atoms with Crippen molar-refractivity contribution in [1.29, 1.82) is 0 Å². The van der Waals surface area contributed by atoms with Crippen LogP contribution in [0.4, 0.5) is 0 Å². The lowest BCUT2D eigenvalue weighted by atomic mass is 9.88. The van der Waals surface area contributed by atoms with Crippen LogP contribution in [0.3, 0.4) is 0 Å². The molecule has 8 atom stereocenters. The minimum atomic E-state index is -1.59. The highest BCUT2D eigenvalue weighted by atomic mass is 16.3. The monoisotopic (exact) mass is 1180 g/mol. The number of nitrogens with one attached hydrogen (secondary N) is 8. The van der Waals surface area contributed by atoms with Gasteiger partial charge in [-0.05, 0) is 86.6 Å². The normalized spacial score (nSPS) is 16.9. The standard InChI is InChI=1S/C58H78N14O13/c1-32(2)19-34(53(81)69-44(9-5-17-63-58(60)61)57(85)72-18-6-10-47(72)56(84)66-29-50(59)78)22-40(75)28-65-52(80)35(20-33-11-13-39(74)14-12-33)23-49(77)46(30-73)71-54(82)36(21-37-26-64-42-8-4-3-7-41(37)42)24-48(76)45(25-38-27-62-31-67-38)70-55(83)43-15-16-51(79)68-43/h3-4,7-8,11-14,26-27,31-32,34-36,43-47,64,73-74H,5-6,9-10,15-25,28-30H2,1-2H3,(H2,59,78)(H,62,67)(H,65,80)(H,66,84)(H,68,79)(H,69,81)(H,70,83)(H,71,82)(H4,60,61,63)/t34-,35-,36-,43?,44?,45+,46?,47+/m1/s1. The van der Waals surface area contributed by atoms with Gasteiger partial charge in [0, 0.05) is 91.9 Å². The molecule has 2 aromatic carbocycles. The van der Waals surface area contributed by atoms with Gasteiger partial charge in [0.1, 0.15) is 29.9 Å². The molecule has 0 saturated carbocycles. The van der Waals surface area contributed by atoms with Crippen LogP contribution < -0.4 is 49.1 Å². The van der Waals surface area contributed by atoms with E-state index in [1.807, 2.05) is 32.0 Å². The second kappa shape index (κ2) is 31.6. The van der Waals surface area contributed by atoms with Gasteiger partial charge in [-0.2, -0.15) is 0 Å². The molecule has 2 aliphatic rings. The summed E-state index contributed by atoms with van der Waals surface area (Å²) in [7, 11) is 0. The van der Waals surface area contributed by atoms with Crippen molar-refractivity contribution in [3.63, 3.8) is 0 Å². The van der Waals surface area contributed by atoms with Crippen molar-refractivity contribution in [3.8, 4) is 5.75 Å². The zero-order chi connectivity index (χ0) is 61.7. The number of aromatic nitrogens is 3. The zero-order valence-corrected chi connectivity index (χ0v) is 47.7. The van der Waals surface area contributed by atoms with E-state index in [2.05, 4.69) is 51.8 Å². The van der Waals surface area contributed by atoms with Gasteiger partial charge in [0.05, 0.1) is 32.1 Å². The zero-order valence-electron chi connectivity index (χ0n) is 47.7. The van der Waals surface area contributed by atoms with Gasteiger partial charge >= 0.3 is 0 Å². The van der Waals surface area contributed by atoms with E-state index in [9.17, 15) is 63.0 Å². The molecule has 2 saturated heterocycles. The number of aliphatic hydroxyl groups is 1. The number of aromatic amines is 2. The maximum Gasteiger partial charge on any atom is 0.245 e. The van der Waals surface area contributed by atoms with Gasteiger partial charge in [0.2, 0.25) is 47.3 Å². The summed E-state index contributed by atoms with van der Waals surface area (Å²) in [5.41, 5.74) is 18.6. The van der Waals surface area contributed by atoms with Crippen LogP contribution in [0.15, 0.2) is 72.2 Å². The lowest BCUT2D eigenvalue weighted by molar-refractivity contribution is -0.142. The van der Waals surface area contributed by atoms with Gasteiger partial charge in [0.15, 0.2) is 23.3 Å². The predicted molar refractivity (Wildman–Crippen MR) is 309 cm³/mol. The average molecular weight is 1180 g/mol. The van der Waals surface area contributed by atoms with E-state index in [1.165, 1.54) is 41.7 Å². The number of carbonyl (C=O) groups is 11. The van der Waals surface area contributed by atoms with Crippen molar-refractivity contribution in [3.05, 3.63) is 84.1 Å². The lowest BCUT2D eigenvalue weighted by Gasteiger charge is -2.30. The van der Waals surface area contributed by atoms with E-state index < -0.39 is 139 Å². The van der Waals surface area contributed by atoms with Crippen molar-refractivity contribution < 1.29 is 63.0 Å². The van der Waals surface area contributed by atoms with E-state index in [1.54, 1.807) is 12.3 Å². The lowest BCUT2D eigenvalue weighted by Crippen LogP contribution is -2.55. The number of Topliss-reactive ketones (excluding diaryl/α,β-unsaturated/α-hetero) is 3. The number of benzene rings is 2. The van der Waals surface area contributed by atoms with Crippen molar-refractivity contribution in [2.24, 2.45) is 45.9 Å². The summed E-state index contributed by atoms with van der Waals surface area (Å²) in [5.74, 6) is -10.7. The minimum absolute atomic E-state index is 0.0315. The van der Waals surface area contributed by atoms with Gasteiger partial charge in [0.25, 0.3) is 0 Å². The molecule has 4 aromatic rings. The van der Waals surface area contributed by atoms with E-state index in [0.717, 1.165) is 10.9 Å². The summed E-state index contributed by atoms with van der Waals surface area (Å²) < 4.78 is 0. The second-order valence-electron chi connectivity index (χ2n) is 22.1. The first-order valence-electron chi connectivity index (χ1n) is 28.5. The minimum Gasteiger partial charge on any atom is -0.508 e. The molecule has 27 nitrogen and oxygen atoms in total. The third-order valence-electron chi connectivity index (χ3n) is 15.0. The number of ketones is 3. The molecule has 0 spiro atoms. The fraction of sp³-hybridized carbons (Fsp3) is 0.500. The molecule has 0 aliphatic carbocycles. The maximum absolute atomic E-state index is 14.5. The largest absolute Gasteiger partial charge is 0.508 e. The first-order valence-corrected chi connectivity index (χ1v) is 28.5. The number of hydrogen-bond acceptors (Lipinski definition) is 15. The summed E-state index contributed by atoms with van der Waals surface area (Å²) in [6, 6.07) is 7.36. The molecule has 16 N–H and O–H groups in total. The SMILES string of the molecule is CC(C)C[C@H](CC(=O)CNC(=O)[C@@H](CC(=O)C(CO)NC(=O)[C@@H](CC(=O)[C@H](Cc1cnc[nH]1)NC(=O)C1CCC(=O)N1)Cc1c[nH]c2ccccc12)Cc1ccc(O)cc1)C(=O)NC(CCCN=C(N)N)C(=O)N1CCC[C@H]1C(=O)NCC(N)=O. The van der Waals surface area contributed by atoms with Crippen molar-refractivity contribution in [2.75, 3.05) is 32.8 Å². The first kappa shape index (κ1) is 65.1. The number of rotatable bonds is 34. The molecular formula is C58H78N14O13. The van der Waals surface area contributed by atoms with Crippen LogP contribution in [0.25, 0.3) is 10.9 Å². The maximum atomic E-state index is 14.5. The highest BCUT2D eigenvalue weighted by Gasteiger charge is 2.39. The molecule has 3 unspecified atom stereocenters. The fourth-order valence-corrected chi connectivity index (χ4v) is 10.6. The number of aliphatic hydroxyl groups excluding tert-OH is 1. The van der Waals surface area contributed by atoms with Crippen LogP contribution in [0.2, 0.25) is 0 Å². The Bertz CT molecular complexity index is 3050. The number of aromatic hydroxyl groups is 1. The number of phenols is 1. The molecule has 2 aromatic heterocycles. The Balaban J connectivity index is 1.16. The molecule has 85 heavy (non-hydrogen) atoms. The molecule has 2 aliphatic heterocycles. The third kappa shape index (κ3) is 19.8. The molecular weight excluding hydrogens is 1100 g/mol. The second-order valence-corrected chi connectivity index (χ2v) is 22.1. The number of nitrogens with zero attached hydrogens (tertiary/aromatic N) is 3. The number of H-pyrrole nitrogens is 2. The summed E-state index contributed by atoms with van der Waals surface area (Å²) in [5, 5.41) is 37.3. The number of nitrogens with two attached hydrogens (primary N) is 3. The Morgan fingerprint density at radius 2 is 1.46 bits per heavy atom. The first-order chi connectivity index (χ1) is 40.6. The van der Waals surface area contributed by atoms with Gasteiger partial charge in [-0.1, -0.05) is 44.2 Å². The molecule has 0 bridgehead atoms. The molecule has 0 radical (unpaired) electrons. The number of phenolic OH excluding ortho intramolecular Hbond substituents is 1. The number of imidazole rings is 1. The van der Waals surface area contributed by atoms with Crippen molar-refractivity contribution in [2.45, 2.75) is 128 Å². The number of fused-ring (bicyclic) bond motifs is 1. The number of aliphatic imine (C=N–C) groups is 1. The van der Waals surface area contributed by atoms with Gasteiger partial charge in [-0.25, -0.2) is 4.98 Å². The van der Waals surface area contributed by atoms with Crippen molar-refractivity contribution in [1.82, 2.24) is 51.8 Å². The molecule has 2 fully saturated rings. The quantitative estimate of drug-likeness (QED) is 0.0150. The van der Waals surface area contributed by atoms with Crippen LogP contribution in [-0.4, -0.2) is 164 Å². The summed E-state index contributed by atoms with van der Waals surface area (Å²) in [6.07, 6.45) is 4.61. The molecule has 4 heterocycles. The Labute approximate surface area is 490 Å². The van der Waals surface area contributed by atoms with Crippen molar-refractivity contribution >= 4 is 81.5 Å². The third-order valence-corrected chi connectivity index (χ3v) is 15.0. The number of guanidine groups is 1. The Morgan fingerprint density at radius 3 is 2.12 bits per heavy atom. The smallest absolute Gasteiger partial charge is 0.245 e. The van der Waals surface area contributed by atoms with E-state index in [-0.39, 0.29) is 94.4 Å². The van der Waals surface area contributed by atoms with Crippen LogP contribution in [0.1, 0.15) is 94.9 Å². The number of primary amides is 1. The Morgan fingerprint density at radius 1 is 0.765 bits per heavy atom. The molecule has 8 amide bonds. The molecule has 6 rings (SSSR count). The van der Waals surface area contributed by atoms with Gasteiger partial charge < -0.3 is 74.2 Å². The van der Waals surface area contributed by atoms with E-state index in [4.69, 9.17) is 17.2 Å². The number of para-hydroxylation sites is 1. The van der Waals surface area contributed by atoms with Gasteiger partial charge in [-0.3, -0.25) is 57.7 Å². The topological polar surface area (TPSA) is 439 Å². The predicted octanol–water partition coefficient (Wildman–Crippen LogP) is -1.12. The van der Waals surface area contributed by atoms with Crippen LogP contribution in [-0.2, 0) is 72.0 Å². The van der Waals surface area contributed by atoms with E-state index in [0.29, 0.717) is 29.7 Å². The summed E-state index contributed by atoms with van der Waals surface area (Å²) in [4.78, 5) is 165. The van der Waals surface area contributed by atoms with Crippen LogP contribution in [0.5, 0.6) is 5.75 Å². The fourth-order valence-electron chi connectivity index (χ4n) is 10.6. The van der Waals surface area contributed by atoms with E-state index >= 15 is 0 Å². The molecule has 27 heteroatoms. The number of amides is 8. The number of hydrogen-bond donors (Lipinski definition) is 13. The van der Waals surface area contributed by atoms with Gasteiger partial charge in [-0.15, -0.1) is 0 Å². The average Bonchev–Trinajstić information content (AvgIpc) is 4.32. The highest BCUT2D eigenvalue weighted by molar-refractivity contribution is 5.99. The summed E-state index contributed by atoms with van der Waals surface area (Å²) >= 11 is 0. The number of likely N-dealkylation sites (tertiary alicyclic amines) is 1. The number of carbonyl (C=O) groups excluding carboxylic acids is 11. The van der Waals surface area contributed by atoms with Crippen LogP contribution in [0, 0.1) is 23.7 Å².